The summed E-state index contributed by atoms with van der Waals surface area (Å²) in [6.07, 6.45) is 3.46. The quantitative estimate of drug-likeness (QED) is 0.738. The zero-order chi connectivity index (χ0) is 19.3. The molecule has 3 heterocycles. The van der Waals surface area contributed by atoms with Crippen molar-refractivity contribution in [3.05, 3.63) is 72.3 Å². The van der Waals surface area contributed by atoms with Crippen molar-refractivity contribution in [3.8, 4) is 0 Å². The van der Waals surface area contributed by atoms with Crippen LogP contribution in [0.15, 0.2) is 76.3 Å². The molecule has 0 bridgehead atoms. The lowest BCUT2D eigenvalue weighted by Gasteiger charge is -2.20. The van der Waals surface area contributed by atoms with Gasteiger partial charge >= 0.3 is 0 Å². The van der Waals surface area contributed by atoms with Crippen molar-refractivity contribution in [2.75, 3.05) is 24.5 Å². The molecule has 3 aromatic rings. The molecular weight excluding hydrogens is 377 g/mol. The molecule has 1 atom stereocenters. The molecule has 0 amide bonds. The molecule has 2 aromatic carbocycles. The summed E-state index contributed by atoms with van der Waals surface area (Å²) in [7, 11) is -3.83. The summed E-state index contributed by atoms with van der Waals surface area (Å²) < 4.78 is 39.2. The molecule has 2 aliphatic rings. The molecule has 142 valence electrons. The number of nitrogens with one attached hydrogen (secondary N) is 1. The number of aromatic nitrogens is 1. The third kappa shape index (κ3) is 2.74. The molecule has 0 aliphatic carbocycles. The molecule has 0 spiro atoms. The van der Waals surface area contributed by atoms with E-state index in [0.717, 1.165) is 42.3 Å². The van der Waals surface area contributed by atoms with Gasteiger partial charge in [0.1, 0.15) is 5.82 Å². The highest BCUT2D eigenvalue weighted by Gasteiger charge is 2.31. The van der Waals surface area contributed by atoms with Crippen LogP contribution in [0.2, 0.25) is 0 Å². The van der Waals surface area contributed by atoms with Crippen molar-refractivity contribution >= 4 is 26.4 Å². The molecule has 1 aromatic heterocycles. The topological polar surface area (TPSA) is 62.3 Å². The predicted molar refractivity (Wildman–Crippen MR) is 105 cm³/mol. The van der Waals surface area contributed by atoms with E-state index in [1.54, 1.807) is 6.07 Å². The minimum atomic E-state index is -3.83. The summed E-state index contributed by atoms with van der Waals surface area (Å²) in [4.78, 5) is 6.76. The first kappa shape index (κ1) is 17.2. The highest BCUT2D eigenvalue weighted by molar-refractivity contribution is 7.91. The second kappa shape index (κ2) is 6.31. The van der Waals surface area contributed by atoms with Gasteiger partial charge in [-0.3, -0.25) is 4.98 Å². The fourth-order valence-corrected chi connectivity index (χ4v) is 5.24. The van der Waals surface area contributed by atoms with Gasteiger partial charge in [-0.15, -0.1) is 0 Å². The number of para-hydroxylation sites is 1. The SMILES string of the molecule is O=S(=O)(c1cccc(F)c1)c1cnc2c(N3CC4=CNC[C@@H]4C3)cccc2c1. The van der Waals surface area contributed by atoms with Crippen LogP contribution in [-0.4, -0.2) is 33.0 Å². The molecule has 1 fully saturated rings. The van der Waals surface area contributed by atoms with E-state index in [1.165, 1.54) is 30.0 Å². The number of anilines is 1. The molecule has 7 heteroatoms. The summed E-state index contributed by atoms with van der Waals surface area (Å²) in [6.45, 7) is 2.73. The van der Waals surface area contributed by atoms with Crippen LogP contribution in [-0.2, 0) is 9.84 Å². The lowest BCUT2D eigenvalue weighted by molar-refractivity contribution is 0.590. The van der Waals surface area contributed by atoms with E-state index >= 15 is 0 Å². The number of fused-ring (bicyclic) bond motifs is 2. The Labute approximate surface area is 162 Å². The van der Waals surface area contributed by atoms with Crippen LogP contribution in [0.25, 0.3) is 10.9 Å². The predicted octanol–water partition coefficient (Wildman–Crippen LogP) is 3.13. The Kier molecular flexibility index (Phi) is 3.87. The van der Waals surface area contributed by atoms with Crippen molar-refractivity contribution in [1.82, 2.24) is 10.3 Å². The van der Waals surface area contributed by atoms with Gasteiger partial charge in [-0.1, -0.05) is 18.2 Å². The number of hydrogen-bond donors (Lipinski definition) is 1. The van der Waals surface area contributed by atoms with Crippen LogP contribution in [0.1, 0.15) is 0 Å². The Morgan fingerprint density at radius 1 is 1.11 bits per heavy atom. The molecule has 1 saturated heterocycles. The summed E-state index contributed by atoms with van der Waals surface area (Å²) >= 11 is 0. The Morgan fingerprint density at radius 3 is 2.79 bits per heavy atom. The van der Waals surface area contributed by atoms with Gasteiger partial charge in [0.15, 0.2) is 0 Å². The van der Waals surface area contributed by atoms with Crippen molar-refractivity contribution in [1.29, 1.82) is 0 Å². The molecule has 5 nitrogen and oxygen atoms in total. The minimum absolute atomic E-state index is 0.0629. The van der Waals surface area contributed by atoms with E-state index in [1.807, 2.05) is 18.2 Å². The number of rotatable bonds is 3. The van der Waals surface area contributed by atoms with Crippen LogP contribution in [0.3, 0.4) is 0 Å². The van der Waals surface area contributed by atoms with E-state index < -0.39 is 15.7 Å². The van der Waals surface area contributed by atoms with Gasteiger partial charge in [-0.05, 0) is 42.1 Å². The first-order valence-corrected chi connectivity index (χ1v) is 10.6. The zero-order valence-electron chi connectivity index (χ0n) is 15.0. The number of pyridine rings is 1. The average Bonchev–Trinajstić information content (AvgIpc) is 3.29. The molecule has 28 heavy (non-hydrogen) atoms. The van der Waals surface area contributed by atoms with Gasteiger partial charge < -0.3 is 10.2 Å². The van der Waals surface area contributed by atoms with Crippen LogP contribution in [0, 0.1) is 11.7 Å². The Balaban J connectivity index is 1.56. The molecule has 0 saturated carbocycles. The van der Waals surface area contributed by atoms with E-state index in [0.29, 0.717) is 5.92 Å². The van der Waals surface area contributed by atoms with Gasteiger partial charge in [-0.25, -0.2) is 12.8 Å². The van der Waals surface area contributed by atoms with Gasteiger partial charge in [0, 0.05) is 37.1 Å². The van der Waals surface area contributed by atoms with Crippen LogP contribution in [0.5, 0.6) is 0 Å². The number of halogens is 1. The summed E-state index contributed by atoms with van der Waals surface area (Å²) in [5.74, 6) is -0.0663. The van der Waals surface area contributed by atoms with Gasteiger partial charge in [0.25, 0.3) is 0 Å². The second-order valence-corrected chi connectivity index (χ2v) is 9.14. The monoisotopic (exact) mass is 395 g/mol. The number of benzene rings is 2. The standard InChI is InChI=1S/C21H18FN3O2S/c22-17-4-2-5-18(8-17)28(26,27)19-7-14-3-1-6-20(21(14)24-11-19)25-12-15-9-23-10-16(15)13-25/h1-9,11,16,23H,10,12-13H2/t16-/m1/s1. The maximum atomic E-state index is 13.5. The third-order valence-electron chi connectivity index (χ3n) is 5.41. The van der Waals surface area contributed by atoms with Crippen molar-refractivity contribution in [2.24, 2.45) is 5.92 Å². The Bertz CT molecular complexity index is 1220. The van der Waals surface area contributed by atoms with E-state index in [4.69, 9.17) is 0 Å². The van der Waals surface area contributed by atoms with Crippen molar-refractivity contribution < 1.29 is 12.8 Å². The summed E-state index contributed by atoms with van der Waals surface area (Å²) in [5, 5.41) is 4.03. The molecule has 2 aliphatic heterocycles. The van der Waals surface area contributed by atoms with Crippen molar-refractivity contribution in [2.45, 2.75) is 9.79 Å². The summed E-state index contributed by atoms with van der Waals surface area (Å²) in [5.41, 5.74) is 3.17. The normalized spacial score (nSPS) is 18.8. The second-order valence-electron chi connectivity index (χ2n) is 7.19. The largest absolute Gasteiger partial charge is 0.390 e. The van der Waals surface area contributed by atoms with Gasteiger partial charge in [0.05, 0.1) is 21.0 Å². The maximum Gasteiger partial charge on any atom is 0.208 e. The lowest BCUT2D eigenvalue weighted by atomic mass is 10.1. The van der Waals surface area contributed by atoms with Crippen LogP contribution >= 0.6 is 0 Å². The van der Waals surface area contributed by atoms with Crippen molar-refractivity contribution in [3.63, 3.8) is 0 Å². The smallest absolute Gasteiger partial charge is 0.208 e. The van der Waals surface area contributed by atoms with Gasteiger partial charge in [-0.2, -0.15) is 0 Å². The van der Waals surface area contributed by atoms with Crippen LogP contribution < -0.4 is 10.2 Å². The molecule has 5 rings (SSSR count). The average molecular weight is 395 g/mol. The van der Waals surface area contributed by atoms with Gasteiger partial charge in [0.2, 0.25) is 9.84 Å². The zero-order valence-corrected chi connectivity index (χ0v) is 15.8. The molecule has 0 unspecified atom stereocenters. The van der Waals surface area contributed by atoms with E-state index in [2.05, 4.69) is 21.4 Å². The summed E-state index contributed by atoms with van der Waals surface area (Å²) in [6, 6.07) is 12.4. The number of hydrogen-bond acceptors (Lipinski definition) is 5. The lowest BCUT2D eigenvalue weighted by Crippen LogP contribution is -2.23. The molecule has 0 radical (unpaired) electrons. The van der Waals surface area contributed by atoms with E-state index in [-0.39, 0.29) is 9.79 Å². The molecule has 1 N–H and O–H groups in total. The maximum absolute atomic E-state index is 13.5. The highest BCUT2D eigenvalue weighted by Crippen LogP contribution is 2.34. The first-order chi connectivity index (χ1) is 13.5. The van der Waals surface area contributed by atoms with Crippen LogP contribution in [0.4, 0.5) is 10.1 Å². The Morgan fingerprint density at radius 2 is 1.96 bits per heavy atom. The van der Waals surface area contributed by atoms with E-state index in [9.17, 15) is 12.8 Å². The minimum Gasteiger partial charge on any atom is -0.390 e. The Hall–Kier alpha value is -2.93. The highest BCUT2D eigenvalue weighted by atomic mass is 32.2. The third-order valence-corrected chi connectivity index (χ3v) is 7.13. The fourth-order valence-electron chi connectivity index (χ4n) is 3.97. The molecular formula is C21H18FN3O2S. The number of nitrogens with zero attached hydrogens (tertiary/aromatic N) is 2. The number of sulfone groups is 1. The first-order valence-electron chi connectivity index (χ1n) is 9.09. The fraction of sp³-hybridized carbons (Fsp3) is 0.190.